The summed E-state index contributed by atoms with van der Waals surface area (Å²) in [5, 5.41) is 3.70. The third-order valence-electron chi connectivity index (χ3n) is 15.0. The molecule has 0 saturated carbocycles. The highest BCUT2D eigenvalue weighted by atomic mass is 19.4. The smallest absolute Gasteiger partial charge is 0.328 e. The quantitative estimate of drug-likeness (QED) is 0.128. The molecular formula is C59H68F3N2+. The first-order chi connectivity index (χ1) is 30.2. The van der Waals surface area contributed by atoms with Crippen molar-refractivity contribution in [2.75, 3.05) is 27.2 Å². The SMILES string of the molecule is Cc1ccc(-c2ccc(-c3ccc(C4(c5ccc(-c6ccc(-c7ccc(C(C)(CCCC8CC(C)(C)NC(C)(C)C8)C(F)(F)F)cc7)cc6)cc5)CC[N+](C)(C)CC4)cc3)cc2)cc1. The van der Waals surface area contributed by atoms with Crippen LogP contribution >= 0.6 is 0 Å². The predicted octanol–water partition coefficient (Wildman–Crippen LogP) is 15.4. The van der Waals surface area contributed by atoms with Crippen LogP contribution in [0.1, 0.15) is 102 Å². The zero-order valence-electron chi connectivity index (χ0n) is 39.4. The van der Waals surface area contributed by atoms with Crippen LogP contribution in [0.2, 0.25) is 0 Å². The Kier molecular flexibility index (Phi) is 12.4. The molecule has 5 heteroatoms. The van der Waals surface area contributed by atoms with Crippen LogP contribution in [0.25, 0.3) is 44.5 Å². The van der Waals surface area contributed by atoms with Gasteiger partial charge in [0.1, 0.15) is 0 Å². The van der Waals surface area contributed by atoms with Crippen molar-refractivity contribution in [1.82, 2.24) is 5.32 Å². The van der Waals surface area contributed by atoms with Gasteiger partial charge >= 0.3 is 6.18 Å². The van der Waals surface area contributed by atoms with Crippen molar-refractivity contribution in [3.63, 3.8) is 0 Å². The number of piperidine rings is 2. The standard InChI is InChI=1S/C59H68F3N2/c1-42-11-13-44(14-12-42)45-15-17-47(18-16-45)50-25-31-53(32-26-50)58(36-38-64(7,8)39-37-58)54-33-27-51(28-34-54)48-21-19-46(20-22-48)49-23-29-52(30-24-49)57(6,59(60,61)62)35-9-10-43-40-55(2,3)63-56(4,5)41-43/h11-34,43,63H,9-10,35-41H2,1-8H3/q+1. The fourth-order valence-electron chi connectivity index (χ4n) is 11.3. The maximum atomic E-state index is 14.8. The Morgan fingerprint density at radius 3 is 1.22 bits per heavy atom. The molecule has 2 nitrogen and oxygen atoms in total. The summed E-state index contributed by atoms with van der Waals surface area (Å²) in [5.41, 5.74) is 11.4. The van der Waals surface area contributed by atoms with Gasteiger partial charge in [0.15, 0.2) is 0 Å². The largest absolute Gasteiger partial charge is 0.398 e. The molecule has 6 aromatic carbocycles. The van der Waals surface area contributed by atoms with E-state index in [0.29, 0.717) is 17.9 Å². The van der Waals surface area contributed by atoms with Crippen LogP contribution in [-0.2, 0) is 10.8 Å². The van der Waals surface area contributed by atoms with Crippen LogP contribution in [0.5, 0.6) is 0 Å². The highest BCUT2D eigenvalue weighted by Gasteiger charge is 2.52. The molecule has 0 aromatic heterocycles. The van der Waals surface area contributed by atoms with E-state index in [1.54, 1.807) is 12.1 Å². The molecule has 64 heavy (non-hydrogen) atoms. The van der Waals surface area contributed by atoms with E-state index < -0.39 is 11.6 Å². The van der Waals surface area contributed by atoms with Crippen LogP contribution in [0.4, 0.5) is 13.2 Å². The van der Waals surface area contributed by atoms with Gasteiger partial charge in [-0.25, -0.2) is 0 Å². The number of quaternary nitrogens is 1. The predicted molar refractivity (Wildman–Crippen MR) is 262 cm³/mol. The van der Waals surface area contributed by atoms with Crippen LogP contribution in [-0.4, -0.2) is 48.9 Å². The molecule has 2 aliphatic heterocycles. The van der Waals surface area contributed by atoms with Gasteiger partial charge in [-0.1, -0.05) is 164 Å². The number of likely N-dealkylation sites (tertiary alicyclic amines) is 1. The number of alkyl halides is 3. The number of rotatable bonds is 11. The van der Waals surface area contributed by atoms with Gasteiger partial charge in [0.2, 0.25) is 0 Å². The van der Waals surface area contributed by atoms with E-state index in [2.05, 4.69) is 175 Å². The monoisotopic (exact) mass is 862 g/mol. The maximum Gasteiger partial charge on any atom is 0.398 e. The lowest BCUT2D eigenvalue weighted by Crippen LogP contribution is -2.57. The van der Waals surface area contributed by atoms with Crippen molar-refractivity contribution < 1.29 is 17.7 Å². The Hall–Kier alpha value is -4.97. The molecule has 2 saturated heterocycles. The highest BCUT2D eigenvalue weighted by Crippen LogP contribution is 2.47. The minimum atomic E-state index is -4.34. The Bertz CT molecular complexity index is 2470. The van der Waals surface area contributed by atoms with Gasteiger partial charge in [0.05, 0.1) is 32.6 Å². The lowest BCUT2D eigenvalue weighted by molar-refractivity contribution is -0.896. The first-order valence-electron chi connectivity index (χ1n) is 23.5. The molecular weight excluding hydrogens is 794 g/mol. The van der Waals surface area contributed by atoms with Gasteiger partial charge in [-0.2, -0.15) is 13.2 Å². The summed E-state index contributed by atoms with van der Waals surface area (Å²) >= 11 is 0. The molecule has 8 rings (SSSR count). The highest BCUT2D eigenvalue weighted by molar-refractivity contribution is 5.72. The summed E-state index contributed by atoms with van der Waals surface area (Å²) in [6.45, 7) is 14.5. The van der Waals surface area contributed by atoms with E-state index in [4.69, 9.17) is 0 Å². The van der Waals surface area contributed by atoms with Crippen molar-refractivity contribution in [2.45, 2.75) is 115 Å². The molecule has 2 fully saturated rings. The maximum absolute atomic E-state index is 14.8. The fourth-order valence-corrected chi connectivity index (χ4v) is 11.3. The topological polar surface area (TPSA) is 12.0 Å². The second-order valence-electron chi connectivity index (χ2n) is 21.6. The van der Waals surface area contributed by atoms with Gasteiger partial charge in [-0.3, -0.25) is 0 Å². The van der Waals surface area contributed by atoms with Crippen molar-refractivity contribution in [3.8, 4) is 44.5 Å². The average Bonchev–Trinajstić information content (AvgIpc) is 3.26. The van der Waals surface area contributed by atoms with E-state index in [1.807, 2.05) is 12.1 Å². The molecule has 6 aromatic rings. The summed E-state index contributed by atoms with van der Waals surface area (Å²) in [7, 11) is 4.68. The number of hydrogen-bond acceptors (Lipinski definition) is 1. The molecule has 0 radical (unpaired) electrons. The van der Waals surface area contributed by atoms with Crippen LogP contribution in [0, 0.1) is 12.8 Å². The first kappa shape index (κ1) is 45.6. The minimum absolute atomic E-state index is 0.0134. The molecule has 0 amide bonds. The number of aryl methyl sites for hydroxylation is 1. The Balaban J connectivity index is 0.958. The summed E-state index contributed by atoms with van der Waals surface area (Å²) in [6, 6.07) is 51.6. The van der Waals surface area contributed by atoms with Crippen molar-refractivity contribution in [1.29, 1.82) is 0 Å². The van der Waals surface area contributed by atoms with E-state index in [0.717, 1.165) is 71.9 Å². The molecule has 0 bridgehead atoms. The Labute approximate surface area is 381 Å². The second-order valence-corrected chi connectivity index (χ2v) is 21.6. The minimum Gasteiger partial charge on any atom is -0.328 e. The van der Waals surface area contributed by atoms with E-state index in [-0.39, 0.29) is 22.9 Å². The molecule has 0 aliphatic carbocycles. The number of benzene rings is 6. The molecule has 1 unspecified atom stereocenters. The summed E-state index contributed by atoms with van der Waals surface area (Å²) in [4.78, 5) is 0. The fraction of sp³-hybridized carbons (Fsp3) is 0.390. The lowest BCUT2D eigenvalue weighted by Gasteiger charge is -2.47. The zero-order chi connectivity index (χ0) is 45.5. The van der Waals surface area contributed by atoms with Gasteiger partial charge in [0.25, 0.3) is 0 Å². The van der Waals surface area contributed by atoms with E-state index in [9.17, 15) is 13.2 Å². The van der Waals surface area contributed by atoms with E-state index in [1.165, 1.54) is 45.9 Å². The Morgan fingerprint density at radius 2 is 0.859 bits per heavy atom. The van der Waals surface area contributed by atoms with Gasteiger partial charge in [-0.05, 0) is 128 Å². The van der Waals surface area contributed by atoms with Gasteiger partial charge in [-0.15, -0.1) is 0 Å². The first-order valence-corrected chi connectivity index (χ1v) is 23.5. The van der Waals surface area contributed by atoms with Gasteiger partial charge in [0, 0.05) is 29.3 Å². The molecule has 2 aliphatic rings. The molecule has 334 valence electrons. The number of nitrogens with one attached hydrogen (secondary N) is 1. The average molecular weight is 862 g/mol. The zero-order valence-corrected chi connectivity index (χ0v) is 39.4. The van der Waals surface area contributed by atoms with Gasteiger partial charge < -0.3 is 9.80 Å². The second kappa shape index (κ2) is 17.4. The normalized spacial score (nSPS) is 19.2. The van der Waals surface area contributed by atoms with Crippen LogP contribution in [0.15, 0.2) is 146 Å². The third kappa shape index (κ3) is 9.82. The van der Waals surface area contributed by atoms with Crippen LogP contribution < -0.4 is 5.32 Å². The van der Waals surface area contributed by atoms with Crippen molar-refractivity contribution >= 4 is 0 Å². The lowest BCUT2D eigenvalue weighted by atomic mass is 9.67. The number of halogens is 3. The molecule has 1 N–H and O–H groups in total. The number of nitrogens with zero attached hydrogens (tertiary/aromatic N) is 1. The Morgan fingerprint density at radius 1 is 0.531 bits per heavy atom. The van der Waals surface area contributed by atoms with Crippen molar-refractivity contribution in [2.24, 2.45) is 5.92 Å². The van der Waals surface area contributed by atoms with Crippen LogP contribution in [0.3, 0.4) is 0 Å². The molecule has 2 heterocycles. The summed E-state index contributed by atoms with van der Waals surface area (Å²) in [6.07, 6.45) is 1.23. The molecule has 0 spiro atoms. The summed E-state index contributed by atoms with van der Waals surface area (Å²) < 4.78 is 45.5. The van der Waals surface area contributed by atoms with E-state index >= 15 is 0 Å². The third-order valence-corrected chi connectivity index (χ3v) is 15.0. The number of hydrogen-bond donors (Lipinski definition) is 1. The summed E-state index contributed by atoms with van der Waals surface area (Å²) in [5.74, 6) is 0.413. The molecule has 1 atom stereocenters. The van der Waals surface area contributed by atoms with Crippen molar-refractivity contribution in [3.05, 3.63) is 168 Å².